The number of nitrogens with one attached hydrogen (secondary N) is 1. The van der Waals surface area contributed by atoms with Crippen molar-refractivity contribution in [2.75, 3.05) is 6.54 Å². The maximum atomic E-state index is 13.5. The Balaban J connectivity index is 1.94. The SMILES string of the molecule is O=C(NCCc1cccc(F)c1)c1cc(S)ccc1F. The lowest BCUT2D eigenvalue weighted by Gasteiger charge is -2.07. The van der Waals surface area contributed by atoms with Crippen LogP contribution in [-0.4, -0.2) is 12.5 Å². The summed E-state index contributed by atoms with van der Waals surface area (Å²) in [6, 6.07) is 10.2. The Morgan fingerprint density at radius 2 is 1.95 bits per heavy atom. The first-order valence-corrected chi connectivity index (χ1v) is 6.52. The van der Waals surface area contributed by atoms with Crippen molar-refractivity contribution in [3.05, 3.63) is 65.2 Å². The monoisotopic (exact) mass is 293 g/mol. The van der Waals surface area contributed by atoms with E-state index in [4.69, 9.17) is 0 Å². The maximum Gasteiger partial charge on any atom is 0.254 e. The molecule has 1 amide bonds. The van der Waals surface area contributed by atoms with Crippen LogP contribution in [0.25, 0.3) is 0 Å². The molecule has 2 aromatic carbocycles. The third kappa shape index (κ3) is 3.81. The molecule has 0 fully saturated rings. The molecule has 0 heterocycles. The number of thiol groups is 1. The second-order valence-electron chi connectivity index (χ2n) is 4.30. The van der Waals surface area contributed by atoms with E-state index < -0.39 is 11.7 Å². The maximum absolute atomic E-state index is 13.5. The second-order valence-corrected chi connectivity index (χ2v) is 4.82. The number of benzene rings is 2. The van der Waals surface area contributed by atoms with Gasteiger partial charge >= 0.3 is 0 Å². The van der Waals surface area contributed by atoms with Crippen molar-refractivity contribution in [3.63, 3.8) is 0 Å². The van der Waals surface area contributed by atoms with Crippen molar-refractivity contribution in [2.45, 2.75) is 11.3 Å². The van der Waals surface area contributed by atoms with Crippen LogP contribution >= 0.6 is 12.6 Å². The number of hydrogen-bond donors (Lipinski definition) is 2. The van der Waals surface area contributed by atoms with Gasteiger partial charge in [-0.25, -0.2) is 8.78 Å². The Bertz CT molecular complexity index is 631. The van der Waals surface area contributed by atoms with E-state index in [1.54, 1.807) is 12.1 Å². The first-order chi connectivity index (χ1) is 9.56. The smallest absolute Gasteiger partial charge is 0.254 e. The average molecular weight is 293 g/mol. The molecule has 2 nitrogen and oxygen atoms in total. The Morgan fingerprint density at radius 3 is 2.70 bits per heavy atom. The molecule has 0 unspecified atom stereocenters. The van der Waals surface area contributed by atoms with Gasteiger partial charge in [-0.05, 0) is 42.3 Å². The number of carbonyl (C=O) groups is 1. The predicted molar refractivity (Wildman–Crippen MR) is 76.1 cm³/mol. The molecule has 1 N–H and O–H groups in total. The third-order valence-electron chi connectivity index (χ3n) is 2.78. The van der Waals surface area contributed by atoms with E-state index in [2.05, 4.69) is 17.9 Å². The zero-order chi connectivity index (χ0) is 14.5. The summed E-state index contributed by atoms with van der Waals surface area (Å²) in [6.07, 6.45) is 0.478. The van der Waals surface area contributed by atoms with Gasteiger partial charge < -0.3 is 5.32 Å². The van der Waals surface area contributed by atoms with Crippen LogP contribution in [0.15, 0.2) is 47.4 Å². The van der Waals surface area contributed by atoms with Gasteiger partial charge in [0, 0.05) is 11.4 Å². The van der Waals surface area contributed by atoms with Crippen molar-refractivity contribution < 1.29 is 13.6 Å². The number of carbonyl (C=O) groups excluding carboxylic acids is 1. The fraction of sp³-hybridized carbons (Fsp3) is 0.133. The molecule has 0 atom stereocenters. The van der Waals surface area contributed by atoms with Gasteiger partial charge in [0.15, 0.2) is 0 Å². The van der Waals surface area contributed by atoms with E-state index >= 15 is 0 Å². The molecule has 2 aromatic rings. The number of rotatable bonds is 4. The van der Waals surface area contributed by atoms with Crippen LogP contribution in [-0.2, 0) is 6.42 Å². The van der Waals surface area contributed by atoms with Crippen molar-refractivity contribution in [1.82, 2.24) is 5.32 Å². The summed E-state index contributed by atoms with van der Waals surface area (Å²) in [5.41, 5.74) is 0.727. The van der Waals surface area contributed by atoms with E-state index in [-0.39, 0.29) is 11.4 Å². The van der Waals surface area contributed by atoms with Gasteiger partial charge in [-0.3, -0.25) is 4.79 Å². The fourth-order valence-electron chi connectivity index (χ4n) is 1.80. The summed E-state index contributed by atoms with van der Waals surface area (Å²) >= 11 is 4.07. The van der Waals surface area contributed by atoms with E-state index in [1.807, 2.05) is 0 Å². The van der Waals surface area contributed by atoms with Gasteiger partial charge in [-0.2, -0.15) is 0 Å². The first kappa shape index (κ1) is 14.5. The van der Waals surface area contributed by atoms with Crippen LogP contribution in [0.5, 0.6) is 0 Å². The van der Waals surface area contributed by atoms with Crippen LogP contribution in [0.4, 0.5) is 8.78 Å². The van der Waals surface area contributed by atoms with Crippen molar-refractivity contribution in [2.24, 2.45) is 0 Å². The van der Waals surface area contributed by atoms with Gasteiger partial charge in [0.2, 0.25) is 0 Å². The minimum atomic E-state index is -0.592. The van der Waals surface area contributed by atoms with E-state index in [9.17, 15) is 13.6 Å². The Kier molecular flexibility index (Phi) is 4.74. The molecule has 0 bridgehead atoms. The molecule has 0 radical (unpaired) electrons. The van der Waals surface area contributed by atoms with E-state index in [0.717, 1.165) is 5.56 Å². The van der Waals surface area contributed by atoms with Crippen LogP contribution in [0.1, 0.15) is 15.9 Å². The zero-order valence-corrected chi connectivity index (χ0v) is 11.5. The summed E-state index contributed by atoms with van der Waals surface area (Å²) in [5.74, 6) is -1.41. The molecule has 0 aliphatic heterocycles. The minimum Gasteiger partial charge on any atom is -0.352 e. The van der Waals surface area contributed by atoms with E-state index in [0.29, 0.717) is 17.9 Å². The highest BCUT2D eigenvalue weighted by Gasteiger charge is 2.11. The molecule has 20 heavy (non-hydrogen) atoms. The van der Waals surface area contributed by atoms with Crippen LogP contribution in [0, 0.1) is 11.6 Å². The zero-order valence-electron chi connectivity index (χ0n) is 10.6. The normalized spacial score (nSPS) is 10.3. The van der Waals surface area contributed by atoms with Gasteiger partial charge in [-0.15, -0.1) is 12.6 Å². The van der Waals surface area contributed by atoms with Gasteiger partial charge in [0.1, 0.15) is 11.6 Å². The fourth-order valence-corrected chi connectivity index (χ4v) is 2.00. The molecular weight excluding hydrogens is 280 g/mol. The Morgan fingerprint density at radius 1 is 1.15 bits per heavy atom. The molecule has 0 aromatic heterocycles. The molecule has 104 valence electrons. The predicted octanol–water partition coefficient (Wildman–Crippen LogP) is 3.23. The van der Waals surface area contributed by atoms with Crippen LogP contribution in [0.3, 0.4) is 0 Å². The molecule has 0 aliphatic carbocycles. The molecular formula is C15H13F2NOS. The minimum absolute atomic E-state index is 0.0447. The molecule has 5 heteroatoms. The van der Waals surface area contributed by atoms with Gasteiger partial charge in [0.05, 0.1) is 5.56 Å². The number of hydrogen-bond acceptors (Lipinski definition) is 2. The molecule has 0 saturated heterocycles. The quantitative estimate of drug-likeness (QED) is 0.833. The van der Waals surface area contributed by atoms with Gasteiger partial charge in [0.25, 0.3) is 5.91 Å². The third-order valence-corrected chi connectivity index (χ3v) is 3.06. The van der Waals surface area contributed by atoms with Crippen molar-refractivity contribution >= 4 is 18.5 Å². The summed E-state index contributed by atoms with van der Waals surface area (Å²) in [4.78, 5) is 12.3. The van der Waals surface area contributed by atoms with Crippen LogP contribution < -0.4 is 5.32 Å². The van der Waals surface area contributed by atoms with Gasteiger partial charge in [-0.1, -0.05) is 12.1 Å². The lowest BCUT2D eigenvalue weighted by Crippen LogP contribution is -2.26. The highest BCUT2D eigenvalue weighted by Crippen LogP contribution is 2.13. The summed E-state index contributed by atoms with van der Waals surface area (Å²) < 4.78 is 26.4. The molecule has 2 rings (SSSR count). The second kappa shape index (κ2) is 6.52. The topological polar surface area (TPSA) is 29.1 Å². The Labute approximate surface area is 121 Å². The summed E-state index contributed by atoms with van der Waals surface area (Å²) in [6.45, 7) is 0.304. The average Bonchev–Trinajstić information content (AvgIpc) is 2.41. The Hall–Kier alpha value is -1.88. The lowest BCUT2D eigenvalue weighted by molar-refractivity contribution is 0.0950. The molecule has 0 spiro atoms. The number of halogens is 2. The highest BCUT2D eigenvalue weighted by molar-refractivity contribution is 7.80. The standard InChI is InChI=1S/C15H13F2NOS/c16-11-3-1-2-10(8-11)6-7-18-15(19)13-9-12(20)4-5-14(13)17/h1-5,8-9,20H,6-7H2,(H,18,19). The first-order valence-electron chi connectivity index (χ1n) is 6.07. The van der Waals surface area contributed by atoms with Crippen molar-refractivity contribution in [1.29, 1.82) is 0 Å². The van der Waals surface area contributed by atoms with E-state index in [1.165, 1.54) is 30.3 Å². The molecule has 0 aliphatic rings. The highest BCUT2D eigenvalue weighted by atomic mass is 32.1. The largest absolute Gasteiger partial charge is 0.352 e. The lowest BCUT2D eigenvalue weighted by atomic mass is 10.1. The van der Waals surface area contributed by atoms with Crippen LogP contribution in [0.2, 0.25) is 0 Å². The number of amides is 1. The van der Waals surface area contributed by atoms with Crippen molar-refractivity contribution in [3.8, 4) is 0 Å². The summed E-state index contributed by atoms with van der Waals surface area (Å²) in [7, 11) is 0. The molecule has 0 saturated carbocycles. The summed E-state index contributed by atoms with van der Waals surface area (Å²) in [5, 5.41) is 2.60.